The number of benzene rings is 1. The van der Waals surface area contributed by atoms with E-state index in [1.807, 2.05) is 0 Å². The van der Waals surface area contributed by atoms with Crippen molar-refractivity contribution < 1.29 is 14.1 Å². The van der Waals surface area contributed by atoms with E-state index in [9.17, 15) is 14.9 Å². The largest absolute Gasteiger partial charge is 0.457 e. The van der Waals surface area contributed by atoms with Gasteiger partial charge in [-0.1, -0.05) is 35.6 Å². The molecule has 0 spiro atoms. The average Bonchev–Trinajstić information content (AvgIpc) is 3.09. The van der Waals surface area contributed by atoms with Gasteiger partial charge in [0.1, 0.15) is 15.8 Å². The number of carbonyl (C=O) groups is 1. The van der Waals surface area contributed by atoms with E-state index in [1.165, 1.54) is 34.9 Å². The number of hydrogen-bond donors (Lipinski definition) is 0. The van der Waals surface area contributed by atoms with E-state index >= 15 is 0 Å². The lowest BCUT2D eigenvalue weighted by Crippen LogP contribution is -2.22. The summed E-state index contributed by atoms with van der Waals surface area (Å²) < 4.78 is 6.13. The molecule has 1 fully saturated rings. The Kier molecular flexibility index (Phi) is 4.44. The molecule has 1 amide bonds. The Bertz CT molecular complexity index is 907. The predicted octanol–water partition coefficient (Wildman–Crippen LogP) is 4.34. The van der Waals surface area contributed by atoms with Crippen molar-refractivity contribution in [3.05, 3.63) is 56.1 Å². The highest BCUT2D eigenvalue weighted by molar-refractivity contribution is 8.26. The fourth-order valence-electron chi connectivity index (χ4n) is 2.07. The highest BCUT2D eigenvalue weighted by Gasteiger charge is 2.29. The van der Waals surface area contributed by atoms with Gasteiger partial charge in [0.25, 0.3) is 11.6 Å². The summed E-state index contributed by atoms with van der Waals surface area (Å²) in [6.07, 6.45) is 1.58. The molecule has 0 radical (unpaired) electrons. The number of rotatable bonds is 3. The van der Waals surface area contributed by atoms with E-state index < -0.39 is 4.92 Å². The standard InChI is InChI=1S/C15H9ClN2O4S2/c1-17-14(19)13(24-15(17)23)7-9-3-5-12(22-9)10-6-8(18(20)21)2-4-11(10)16/h2-7H,1H3. The summed E-state index contributed by atoms with van der Waals surface area (Å²) in [5, 5.41) is 11.2. The first-order valence-corrected chi connectivity index (χ1v) is 8.23. The van der Waals surface area contributed by atoms with Gasteiger partial charge in [0.2, 0.25) is 0 Å². The molecular weight excluding hydrogens is 372 g/mol. The topological polar surface area (TPSA) is 76.6 Å². The van der Waals surface area contributed by atoms with Crippen molar-refractivity contribution in [3.63, 3.8) is 0 Å². The van der Waals surface area contributed by atoms with Crippen LogP contribution < -0.4 is 0 Å². The normalized spacial score (nSPS) is 16.2. The summed E-state index contributed by atoms with van der Waals surface area (Å²) in [5.41, 5.74) is 0.327. The summed E-state index contributed by atoms with van der Waals surface area (Å²) in [4.78, 5) is 24.2. The number of nitrogens with zero attached hydrogens (tertiary/aromatic N) is 2. The van der Waals surface area contributed by atoms with Gasteiger partial charge in [0.15, 0.2) is 0 Å². The first-order chi connectivity index (χ1) is 11.4. The molecule has 1 aliphatic rings. The molecule has 0 saturated carbocycles. The Balaban J connectivity index is 1.95. The fraction of sp³-hybridized carbons (Fsp3) is 0.0667. The Labute approximate surface area is 151 Å². The van der Waals surface area contributed by atoms with Crippen molar-refractivity contribution in [1.29, 1.82) is 0 Å². The molecule has 2 heterocycles. The van der Waals surface area contributed by atoms with Crippen LogP contribution in [0.5, 0.6) is 0 Å². The van der Waals surface area contributed by atoms with Gasteiger partial charge in [-0.2, -0.15) is 0 Å². The maximum absolute atomic E-state index is 12.0. The van der Waals surface area contributed by atoms with Crippen LogP contribution in [0.25, 0.3) is 17.4 Å². The van der Waals surface area contributed by atoms with Gasteiger partial charge in [-0.05, 0) is 18.2 Å². The number of nitro benzene ring substituents is 1. The Hall–Kier alpha value is -2.16. The summed E-state index contributed by atoms with van der Waals surface area (Å²) in [7, 11) is 1.61. The van der Waals surface area contributed by atoms with Crippen LogP contribution in [0.15, 0.2) is 39.7 Å². The number of thioether (sulfide) groups is 1. The highest BCUT2D eigenvalue weighted by atomic mass is 35.5. The molecule has 1 aliphatic heterocycles. The van der Waals surface area contributed by atoms with Crippen molar-refractivity contribution in [2.45, 2.75) is 0 Å². The van der Waals surface area contributed by atoms with Crippen molar-refractivity contribution >= 4 is 57.6 Å². The molecule has 0 atom stereocenters. The number of amides is 1. The lowest BCUT2D eigenvalue weighted by molar-refractivity contribution is -0.384. The van der Waals surface area contributed by atoms with Gasteiger partial charge >= 0.3 is 0 Å². The number of likely N-dealkylation sites (N-methyl/N-ethyl adjacent to an activating group) is 1. The molecule has 6 nitrogen and oxygen atoms in total. The van der Waals surface area contributed by atoms with Crippen LogP contribution in [0.4, 0.5) is 5.69 Å². The number of nitro groups is 1. The minimum absolute atomic E-state index is 0.0841. The van der Waals surface area contributed by atoms with Crippen LogP contribution >= 0.6 is 35.6 Å². The van der Waals surface area contributed by atoms with E-state index in [1.54, 1.807) is 25.3 Å². The molecule has 122 valence electrons. The highest BCUT2D eigenvalue weighted by Crippen LogP contribution is 2.35. The third kappa shape index (κ3) is 3.08. The monoisotopic (exact) mass is 380 g/mol. The predicted molar refractivity (Wildman–Crippen MR) is 96.7 cm³/mol. The molecule has 1 saturated heterocycles. The van der Waals surface area contributed by atoms with E-state index in [0.717, 1.165) is 0 Å². The van der Waals surface area contributed by atoms with Crippen molar-refractivity contribution in [3.8, 4) is 11.3 Å². The Morgan fingerprint density at radius 2 is 2.12 bits per heavy atom. The zero-order valence-electron chi connectivity index (χ0n) is 12.2. The minimum Gasteiger partial charge on any atom is -0.457 e. The molecule has 1 aromatic heterocycles. The van der Waals surface area contributed by atoms with Crippen LogP contribution in [0, 0.1) is 10.1 Å². The molecular formula is C15H9ClN2O4S2. The molecule has 24 heavy (non-hydrogen) atoms. The van der Waals surface area contributed by atoms with Gasteiger partial charge < -0.3 is 4.42 Å². The fourth-order valence-corrected chi connectivity index (χ4v) is 3.44. The summed E-state index contributed by atoms with van der Waals surface area (Å²) in [6.45, 7) is 0. The van der Waals surface area contributed by atoms with Crippen molar-refractivity contribution in [2.24, 2.45) is 0 Å². The zero-order chi connectivity index (χ0) is 17.4. The molecule has 0 bridgehead atoms. The van der Waals surface area contributed by atoms with E-state index in [0.29, 0.717) is 31.3 Å². The van der Waals surface area contributed by atoms with Crippen molar-refractivity contribution in [2.75, 3.05) is 7.05 Å². The molecule has 2 aromatic rings. The van der Waals surface area contributed by atoms with Crippen LogP contribution in [0.3, 0.4) is 0 Å². The average molecular weight is 381 g/mol. The van der Waals surface area contributed by atoms with Gasteiger partial charge in [0, 0.05) is 30.8 Å². The molecule has 1 aromatic carbocycles. The van der Waals surface area contributed by atoms with Crippen LogP contribution in [0.2, 0.25) is 5.02 Å². The zero-order valence-corrected chi connectivity index (χ0v) is 14.6. The van der Waals surface area contributed by atoms with Gasteiger partial charge in [0.05, 0.1) is 14.9 Å². The maximum atomic E-state index is 12.0. The van der Waals surface area contributed by atoms with Gasteiger partial charge in [-0.15, -0.1) is 0 Å². The number of hydrogen-bond acceptors (Lipinski definition) is 6. The Morgan fingerprint density at radius 1 is 1.38 bits per heavy atom. The van der Waals surface area contributed by atoms with Crippen LogP contribution in [-0.2, 0) is 4.79 Å². The van der Waals surface area contributed by atoms with E-state index in [-0.39, 0.29) is 11.6 Å². The lowest BCUT2D eigenvalue weighted by atomic mass is 10.1. The second kappa shape index (κ2) is 6.39. The number of halogens is 1. The van der Waals surface area contributed by atoms with Crippen LogP contribution in [-0.4, -0.2) is 27.1 Å². The van der Waals surface area contributed by atoms with E-state index in [4.69, 9.17) is 28.2 Å². The molecule has 0 unspecified atom stereocenters. The lowest BCUT2D eigenvalue weighted by Gasteiger charge is -2.03. The summed E-state index contributed by atoms with van der Waals surface area (Å²) in [6, 6.07) is 7.41. The van der Waals surface area contributed by atoms with Crippen LogP contribution in [0.1, 0.15) is 5.76 Å². The number of furan rings is 1. The first-order valence-electron chi connectivity index (χ1n) is 6.62. The van der Waals surface area contributed by atoms with Crippen molar-refractivity contribution in [1.82, 2.24) is 4.90 Å². The Morgan fingerprint density at radius 3 is 2.75 bits per heavy atom. The first kappa shape index (κ1) is 16.7. The molecule has 9 heteroatoms. The van der Waals surface area contributed by atoms with Gasteiger partial charge in [-0.3, -0.25) is 19.8 Å². The molecule has 3 rings (SSSR count). The SMILES string of the molecule is CN1C(=O)C(=Cc2ccc(-c3cc([N+](=O)[O-])ccc3Cl)o2)SC1=S. The smallest absolute Gasteiger partial charge is 0.270 e. The molecule has 0 aliphatic carbocycles. The quantitative estimate of drug-likeness (QED) is 0.341. The van der Waals surface area contributed by atoms with Gasteiger partial charge in [-0.25, -0.2) is 0 Å². The number of thiocarbonyl (C=S) groups is 1. The second-order valence-electron chi connectivity index (χ2n) is 4.86. The number of carbonyl (C=O) groups excluding carboxylic acids is 1. The van der Waals surface area contributed by atoms with E-state index in [2.05, 4.69) is 0 Å². The third-order valence-corrected chi connectivity index (χ3v) is 5.13. The molecule has 0 N–H and O–H groups in total. The maximum Gasteiger partial charge on any atom is 0.270 e. The summed E-state index contributed by atoms with van der Waals surface area (Å²) in [5.74, 6) is 0.611. The number of non-ortho nitro benzene ring substituents is 1. The second-order valence-corrected chi connectivity index (χ2v) is 6.95. The minimum atomic E-state index is -0.504. The third-order valence-electron chi connectivity index (χ3n) is 3.31. The summed E-state index contributed by atoms with van der Waals surface area (Å²) >= 11 is 12.3.